The molecule has 0 unspecified atom stereocenters. The summed E-state index contributed by atoms with van der Waals surface area (Å²) >= 11 is 0. The van der Waals surface area contributed by atoms with E-state index < -0.39 is 0 Å². The summed E-state index contributed by atoms with van der Waals surface area (Å²) < 4.78 is 0. The molecule has 0 spiro atoms. The van der Waals surface area contributed by atoms with Crippen LogP contribution in [0.5, 0.6) is 0 Å². The number of benzene rings is 2. The topological polar surface area (TPSA) is 24.7 Å². The van der Waals surface area contributed by atoms with Gasteiger partial charge in [-0.1, -0.05) is 82.3 Å². The molecule has 28 heavy (non-hydrogen) atoms. The quantitative estimate of drug-likeness (QED) is 0.188. The van der Waals surface area contributed by atoms with Gasteiger partial charge in [0.1, 0.15) is 0 Å². The normalized spacial score (nSPS) is 11.9. The molecule has 0 amide bonds. The maximum Gasteiger partial charge on any atom is 0.0633 e. The van der Waals surface area contributed by atoms with Gasteiger partial charge in [-0.15, -0.1) is 0 Å². The third kappa shape index (κ3) is 9.46. The monoisotopic (exact) mass is 420 g/mol. The Hall–Kier alpha value is -1.73. The van der Waals surface area contributed by atoms with Crippen molar-refractivity contribution in [1.29, 1.82) is 0 Å². The van der Waals surface area contributed by atoms with Crippen molar-refractivity contribution in [2.75, 3.05) is 0 Å². The average Bonchev–Trinajstić information content (AvgIpc) is 2.71. The molecule has 0 saturated carbocycles. The zero-order chi connectivity index (χ0) is 19.2. The van der Waals surface area contributed by atoms with E-state index in [4.69, 9.17) is 9.98 Å². The van der Waals surface area contributed by atoms with E-state index in [2.05, 4.69) is 62.4 Å². The predicted octanol–water partition coefficient (Wildman–Crippen LogP) is 8.08. The van der Waals surface area contributed by atoms with E-state index in [0.717, 1.165) is 42.1 Å². The van der Waals surface area contributed by atoms with E-state index in [1.165, 1.54) is 38.5 Å². The molecule has 0 aliphatic rings. The van der Waals surface area contributed by atoms with Gasteiger partial charge in [0.2, 0.25) is 0 Å². The van der Waals surface area contributed by atoms with E-state index in [1.807, 2.05) is 12.1 Å². The maximum absolute atomic E-state index is 5.01. The first-order valence-corrected chi connectivity index (χ1v) is 10.6. The van der Waals surface area contributed by atoms with Crippen LogP contribution in [0, 0.1) is 0 Å². The van der Waals surface area contributed by atoms with Crippen LogP contribution in [0.15, 0.2) is 70.6 Å². The molecule has 2 nitrogen and oxygen atoms in total. The molecule has 0 radical (unpaired) electrons. The zero-order valence-electron chi connectivity index (χ0n) is 17.3. The van der Waals surface area contributed by atoms with Crippen molar-refractivity contribution < 1.29 is 16.5 Å². The van der Waals surface area contributed by atoms with Crippen LogP contribution in [0.4, 0.5) is 11.4 Å². The van der Waals surface area contributed by atoms with Gasteiger partial charge < -0.3 is 0 Å². The van der Waals surface area contributed by atoms with Gasteiger partial charge in [-0.25, -0.2) is 0 Å². The van der Waals surface area contributed by atoms with E-state index in [-0.39, 0.29) is 16.5 Å². The Kier molecular flexibility index (Phi) is 13.2. The number of para-hydroxylation sites is 2. The second-order valence-corrected chi connectivity index (χ2v) is 7.06. The molecule has 154 valence electrons. The van der Waals surface area contributed by atoms with E-state index in [1.54, 1.807) is 0 Å². The minimum absolute atomic E-state index is 0. The Labute approximate surface area is 181 Å². The molecule has 2 rings (SSSR count). The number of unbranched alkanes of at least 4 members (excludes halogenated alkanes) is 5. The first-order chi connectivity index (χ1) is 13.3. The van der Waals surface area contributed by atoms with Crippen LogP contribution in [0.3, 0.4) is 0 Å². The number of nitrogens with zero attached hydrogens (tertiary/aromatic N) is 2. The van der Waals surface area contributed by atoms with Gasteiger partial charge in [-0.3, -0.25) is 9.98 Å². The Morgan fingerprint density at radius 2 is 1.00 bits per heavy atom. The van der Waals surface area contributed by atoms with Crippen molar-refractivity contribution in [3.8, 4) is 0 Å². The summed E-state index contributed by atoms with van der Waals surface area (Å²) in [5.41, 5.74) is 4.37. The largest absolute Gasteiger partial charge is 0.252 e. The SMILES string of the molecule is CCCCCCCC(=Nc1ccccc1)C(CCCC)=Nc1ccccc1.[Ni]. The third-order valence-electron chi connectivity index (χ3n) is 4.66. The second kappa shape index (κ2) is 15.2. The summed E-state index contributed by atoms with van der Waals surface area (Å²) in [6.45, 7) is 4.50. The molecule has 2 aromatic rings. The minimum atomic E-state index is 0. The molecule has 0 aliphatic heterocycles. The van der Waals surface area contributed by atoms with Gasteiger partial charge in [0.15, 0.2) is 0 Å². The fraction of sp³-hybridized carbons (Fsp3) is 0.440. The molecule has 3 heteroatoms. The third-order valence-corrected chi connectivity index (χ3v) is 4.66. The van der Waals surface area contributed by atoms with Gasteiger partial charge >= 0.3 is 0 Å². The van der Waals surface area contributed by atoms with Crippen LogP contribution in [0.1, 0.15) is 71.6 Å². The number of hydrogen-bond acceptors (Lipinski definition) is 2. The fourth-order valence-corrected chi connectivity index (χ4v) is 3.09. The van der Waals surface area contributed by atoms with Crippen LogP contribution < -0.4 is 0 Å². The van der Waals surface area contributed by atoms with Crippen LogP contribution in [-0.2, 0) is 16.5 Å². The van der Waals surface area contributed by atoms with Crippen LogP contribution in [-0.4, -0.2) is 11.4 Å². The number of rotatable bonds is 12. The summed E-state index contributed by atoms with van der Waals surface area (Å²) in [7, 11) is 0. The Balaban J connectivity index is 0.00000392. The average molecular weight is 421 g/mol. The van der Waals surface area contributed by atoms with Crippen LogP contribution in [0.25, 0.3) is 0 Å². The summed E-state index contributed by atoms with van der Waals surface area (Å²) in [5.74, 6) is 0. The minimum Gasteiger partial charge on any atom is -0.252 e. The zero-order valence-corrected chi connectivity index (χ0v) is 18.3. The molecule has 0 fully saturated rings. The maximum atomic E-state index is 5.01. The van der Waals surface area contributed by atoms with Gasteiger partial charge in [0, 0.05) is 16.5 Å². The van der Waals surface area contributed by atoms with Gasteiger partial charge in [-0.2, -0.15) is 0 Å². The molecular weight excluding hydrogens is 387 g/mol. The van der Waals surface area contributed by atoms with Gasteiger partial charge in [-0.05, 0) is 49.9 Å². The molecule has 0 atom stereocenters. The first kappa shape index (κ1) is 24.3. The van der Waals surface area contributed by atoms with E-state index in [0.29, 0.717) is 0 Å². The van der Waals surface area contributed by atoms with Crippen LogP contribution >= 0.6 is 0 Å². The van der Waals surface area contributed by atoms with Crippen molar-refractivity contribution in [1.82, 2.24) is 0 Å². The summed E-state index contributed by atoms with van der Waals surface area (Å²) in [6.07, 6.45) is 10.7. The number of aliphatic imine (C=N–C) groups is 2. The summed E-state index contributed by atoms with van der Waals surface area (Å²) in [6, 6.07) is 20.6. The molecule has 0 N–H and O–H groups in total. The number of hydrogen-bond donors (Lipinski definition) is 0. The Bertz CT molecular complexity index is 693. The molecule has 0 saturated heterocycles. The van der Waals surface area contributed by atoms with Crippen molar-refractivity contribution >= 4 is 22.8 Å². The summed E-state index contributed by atoms with van der Waals surface area (Å²) in [5, 5.41) is 0. The summed E-state index contributed by atoms with van der Waals surface area (Å²) in [4.78, 5) is 10.0. The smallest absolute Gasteiger partial charge is 0.0633 e. The molecular formula is C25H34N2Ni. The molecule has 0 heterocycles. The molecule has 0 aliphatic carbocycles. The predicted molar refractivity (Wildman–Crippen MR) is 120 cm³/mol. The molecule has 0 bridgehead atoms. The molecule has 0 aromatic heterocycles. The molecule has 2 aromatic carbocycles. The first-order valence-electron chi connectivity index (χ1n) is 10.6. The van der Waals surface area contributed by atoms with Crippen molar-refractivity contribution in [3.63, 3.8) is 0 Å². The standard InChI is InChI=1S/C25H34N2.Ni/c1-3-5-7-8-15-21-25(27-23-18-13-10-14-19-23)24(20-6-4-2)26-22-16-11-9-12-17-22;/h9-14,16-19H,3-8,15,20-21H2,1-2H3;. The second-order valence-electron chi connectivity index (χ2n) is 7.06. The van der Waals surface area contributed by atoms with Gasteiger partial charge in [0.05, 0.1) is 22.8 Å². The van der Waals surface area contributed by atoms with Crippen LogP contribution in [0.2, 0.25) is 0 Å². The van der Waals surface area contributed by atoms with Crippen molar-refractivity contribution in [3.05, 3.63) is 60.7 Å². The Morgan fingerprint density at radius 3 is 1.46 bits per heavy atom. The fourth-order valence-electron chi connectivity index (χ4n) is 3.09. The van der Waals surface area contributed by atoms with E-state index in [9.17, 15) is 0 Å². The van der Waals surface area contributed by atoms with Crippen molar-refractivity contribution in [2.24, 2.45) is 9.98 Å². The van der Waals surface area contributed by atoms with Crippen molar-refractivity contribution in [2.45, 2.75) is 71.6 Å². The Morgan fingerprint density at radius 1 is 0.571 bits per heavy atom. The van der Waals surface area contributed by atoms with Gasteiger partial charge in [0.25, 0.3) is 0 Å². The van der Waals surface area contributed by atoms with E-state index >= 15 is 0 Å².